The number of thiazole rings is 1. The van der Waals surface area contributed by atoms with Crippen LogP contribution in [0.15, 0.2) is 18.3 Å². The third-order valence-electron chi connectivity index (χ3n) is 8.20. The van der Waals surface area contributed by atoms with Crippen LogP contribution in [0.25, 0.3) is 10.3 Å². The van der Waals surface area contributed by atoms with Crippen LogP contribution >= 0.6 is 11.3 Å². The molecule has 3 heterocycles. The van der Waals surface area contributed by atoms with Gasteiger partial charge in [-0.15, -0.1) is 0 Å². The lowest BCUT2D eigenvalue weighted by Gasteiger charge is -2.56. The van der Waals surface area contributed by atoms with E-state index in [2.05, 4.69) is 20.2 Å². The lowest BCUT2D eigenvalue weighted by atomic mass is 9.49. The number of anilines is 1. The highest BCUT2D eigenvalue weighted by Gasteiger charge is 2.51. The van der Waals surface area contributed by atoms with Gasteiger partial charge in [0.2, 0.25) is 11.8 Å². The number of hydrogen-bond acceptors (Lipinski definition) is 6. The maximum absolute atomic E-state index is 12.7. The lowest BCUT2D eigenvalue weighted by Crippen LogP contribution is -2.52. The van der Waals surface area contributed by atoms with Crippen LogP contribution in [0.4, 0.5) is 5.13 Å². The highest BCUT2D eigenvalue weighted by molar-refractivity contribution is 7.21. The van der Waals surface area contributed by atoms with E-state index >= 15 is 0 Å². The van der Waals surface area contributed by atoms with Crippen molar-refractivity contribution in [3.05, 3.63) is 18.3 Å². The van der Waals surface area contributed by atoms with Crippen LogP contribution in [0.1, 0.15) is 44.9 Å². The van der Waals surface area contributed by atoms with Gasteiger partial charge >= 0.3 is 0 Å². The van der Waals surface area contributed by atoms with Crippen molar-refractivity contribution in [2.75, 3.05) is 37.6 Å². The molecule has 2 aromatic rings. The molecule has 1 aliphatic heterocycles. The summed E-state index contributed by atoms with van der Waals surface area (Å²) in [4.78, 5) is 39.5. The van der Waals surface area contributed by atoms with Crippen LogP contribution in [0.3, 0.4) is 0 Å². The number of aromatic nitrogens is 2. The predicted molar refractivity (Wildman–Crippen MR) is 124 cm³/mol. The van der Waals surface area contributed by atoms with Crippen molar-refractivity contribution in [3.8, 4) is 0 Å². The number of fused-ring (bicyclic) bond motifs is 1. The van der Waals surface area contributed by atoms with Crippen LogP contribution in [-0.2, 0) is 9.59 Å². The van der Waals surface area contributed by atoms with Gasteiger partial charge in [0.25, 0.3) is 0 Å². The molecule has 1 saturated heterocycles. The second-order valence-electron chi connectivity index (χ2n) is 10.6. The predicted octanol–water partition coefficient (Wildman–Crippen LogP) is 3.06. The number of pyridine rings is 1. The number of rotatable bonds is 5. The van der Waals surface area contributed by atoms with E-state index in [4.69, 9.17) is 0 Å². The van der Waals surface area contributed by atoms with E-state index in [1.807, 2.05) is 17.0 Å². The topological polar surface area (TPSA) is 78.4 Å². The van der Waals surface area contributed by atoms with Crippen molar-refractivity contribution in [2.45, 2.75) is 44.9 Å². The molecular weight excluding hydrogens is 422 g/mol. The van der Waals surface area contributed by atoms with E-state index in [0.717, 1.165) is 46.3 Å². The van der Waals surface area contributed by atoms with E-state index in [1.165, 1.54) is 38.5 Å². The Morgan fingerprint density at radius 2 is 1.75 bits per heavy atom. The van der Waals surface area contributed by atoms with Crippen molar-refractivity contribution < 1.29 is 9.59 Å². The van der Waals surface area contributed by atoms with Crippen LogP contribution in [0.2, 0.25) is 0 Å². The lowest BCUT2D eigenvalue weighted by molar-refractivity contribution is -0.135. The zero-order valence-corrected chi connectivity index (χ0v) is 19.3. The van der Waals surface area contributed by atoms with Gasteiger partial charge in [-0.3, -0.25) is 9.59 Å². The minimum atomic E-state index is 0.0227. The molecule has 1 N–H and O–H groups in total. The van der Waals surface area contributed by atoms with Gasteiger partial charge in [0.1, 0.15) is 10.3 Å². The summed E-state index contributed by atoms with van der Waals surface area (Å²) in [6, 6.07) is 3.88. The highest BCUT2D eigenvalue weighted by atomic mass is 32.1. The number of carbonyl (C=O) groups excluding carboxylic acids is 2. The Bertz CT molecular complexity index is 960. The Morgan fingerprint density at radius 3 is 2.41 bits per heavy atom. The summed E-state index contributed by atoms with van der Waals surface area (Å²) < 4.78 is 0. The van der Waals surface area contributed by atoms with Gasteiger partial charge in [0, 0.05) is 38.8 Å². The normalized spacial score (nSPS) is 31.3. The smallest absolute Gasteiger partial charge is 0.242 e. The van der Waals surface area contributed by atoms with Crippen molar-refractivity contribution >= 4 is 38.6 Å². The second-order valence-corrected chi connectivity index (χ2v) is 11.5. The van der Waals surface area contributed by atoms with E-state index in [1.54, 1.807) is 17.5 Å². The SMILES string of the molecule is O=C(CC12CC3CC(CC(C3)C1)C2)NCC(=O)N1CCN(c2nc3cccnc3s2)CC1. The fraction of sp³-hybridized carbons (Fsp3) is 0.667. The fourth-order valence-electron chi connectivity index (χ4n) is 7.24. The van der Waals surface area contributed by atoms with Gasteiger partial charge in [-0.1, -0.05) is 11.3 Å². The summed E-state index contributed by atoms with van der Waals surface area (Å²) in [5.41, 5.74) is 1.15. The van der Waals surface area contributed by atoms with E-state index in [-0.39, 0.29) is 23.8 Å². The van der Waals surface area contributed by atoms with Crippen molar-refractivity contribution in [3.63, 3.8) is 0 Å². The van der Waals surface area contributed by atoms with E-state index < -0.39 is 0 Å². The van der Waals surface area contributed by atoms with Crippen LogP contribution in [-0.4, -0.2) is 59.4 Å². The largest absolute Gasteiger partial charge is 0.347 e. The number of carbonyl (C=O) groups is 2. The number of hydrogen-bond donors (Lipinski definition) is 1. The van der Waals surface area contributed by atoms with Gasteiger partial charge in [0.05, 0.1) is 6.54 Å². The maximum Gasteiger partial charge on any atom is 0.242 e. The Morgan fingerprint density at radius 1 is 1.06 bits per heavy atom. The maximum atomic E-state index is 12.7. The molecule has 170 valence electrons. The van der Waals surface area contributed by atoms with Crippen molar-refractivity contribution in [2.24, 2.45) is 23.2 Å². The molecule has 5 fully saturated rings. The first-order valence-electron chi connectivity index (χ1n) is 12.1. The molecule has 0 unspecified atom stereocenters. The molecule has 4 saturated carbocycles. The van der Waals surface area contributed by atoms with Crippen LogP contribution in [0, 0.1) is 23.2 Å². The number of piperazine rings is 1. The Labute approximate surface area is 192 Å². The molecule has 7 nitrogen and oxygen atoms in total. The average Bonchev–Trinajstić information content (AvgIpc) is 3.21. The zero-order valence-electron chi connectivity index (χ0n) is 18.5. The molecule has 0 atom stereocenters. The molecule has 7 rings (SSSR count). The van der Waals surface area contributed by atoms with Gasteiger partial charge < -0.3 is 15.1 Å². The quantitative estimate of drug-likeness (QED) is 0.753. The van der Waals surface area contributed by atoms with E-state index in [0.29, 0.717) is 19.5 Å². The van der Waals surface area contributed by atoms with E-state index in [9.17, 15) is 9.59 Å². The van der Waals surface area contributed by atoms with Crippen molar-refractivity contribution in [1.29, 1.82) is 0 Å². The van der Waals surface area contributed by atoms with Gasteiger partial charge in [-0.2, -0.15) is 0 Å². The minimum Gasteiger partial charge on any atom is -0.347 e. The zero-order chi connectivity index (χ0) is 21.7. The summed E-state index contributed by atoms with van der Waals surface area (Å²) in [7, 11) is 0. The van der Waals surface area contributed by atoms with Crippen molar-refractivity contribution in [1.82, 2.24) is 20.2 Å². The van der Waals surface area contributed by atoms with Gasteiger partial charge in [-0.05, 0) is 73.8 Å². The standard InChI is InChI=1S/C24H31N5O2S/c30-20(14-24-11-16-8-17(12-24)10-18(9-16)13-24)26-15-21(31)28-4-6-29(7-5-28)23-27-19-2-1-3-25-22(19)32-23/h1-3,16-18H,4-15H2,(H,26,30). The molecule has 2 aromatic heterocycles. The van der Waals surface area contributed by atoms with Gasteiger partial charge in [-0.25, -0.2) is 9.97 Å². The Kier molecular flexibility index (Phi) is 5.08. The first-order chi connectivity index (χ1) is 15.6. The number of amides is 2. The molecule has 0 aromatic carbocycles. The first kappa shape index (κ1) is 20.4. The highest BCUT2D eigenvalue weighted by Crippen LogP contribution is 2.61. The van der Waals surface area contributed by atoms with Crippen LogP contribution in [0.5, 0.6) is 0 Å². The van der Waals surface area contributed by atoms with Gasteiger partial charge in [0.15, 0.2) is 5.13 Å². The molecule has 5 aliphatic rings. The summed E-state index contributed by atoms with van der Waals surface area (Å²) in [5.74, 6) is 2.63. The minimum absolute atomic E-state index is 0.0227. The summed E-state index contributed by atoms with van der Waals surface area (Å²) >= 11 is 1.60. The monoisotopic (exact) mass is 453 g/mol. The third kappa shape index (κ3) is 3.87. The summed E-state index contributed by atoms with van der Waals surface area (Å²) in [6.45, 7) is 2.95. The Hall–Kier alpha value is -2.22. The van der Waals surface area contributed by atoms with Crippen LogP contribution < -0.4 is 10.2 Å². The summed E-state index contributed by atoms with van der Waals surface area (Å²) in [6.07, 6.45) is 10.2. The number of nitrogens with one attached hydrogen (secondary N) is 1. The average molecular weight is 454 g/mol. The molecule has 4 bridgehead atoms. The molecule has 0 radical (unpaired) electrons. The molecule has 8 heteroatoms. The molecule has 2 amide bonds. The summed E-state index contributed by atoms with van der Waals surface area (Å²) in [5, 5.41) is 3.92. The number of nitrogens with zero attached hydrogens (tertiary/aromatic N) is 4. The molecular formula is C24H31N5O2S. The molecule has 32 heavy (non-hydrogen) atoms. The molecule has 0 spiro atoms. The third-order valence-corrected chi connectivity index (χ3v) is 9.24. The first-order valence-corrected chi connectivity index (χ1v) is 12.9. The Balaban J connectivity index is 0.985. The molecule has 4 aliphatic carbocycles. The fourth-order valence-corrected chi connectivity index (χ4v) is 8.20. The second kappa shape index (κ2) is 7.97.